The van der Waals surface area contributed by atoms with E-state index in [0.717, 1.165) is 42.7 Å². The van der Waals surface area contributed by atoms with Crippen molar-refractivity contribution in [2.45, 2.75) is 19.3 Å². The predicted molar refractivity (Wildman–Crippen MR) is 87.7 cm³/mol. The normalized spacial score (nSPS) is 18.0. The lowest BCUT2D eigenvalue weighted by Crippen LogP contribution is -2.27. The fraction of sp³-hybridized carbons (Fsp3) is 0.467. The summed E-state index contributed by atoms with van der Waals surface area (Å²) in [5.74, 6) is 0.791. The first-order valence-corrected chi connectivity index (χ1v) is 9.03. The van der Waals surface area contributed by atoms with Crippen LogP contribution in [0.15, 0.2) is 22.9 Å². The Morgan fingerprint density at radius 1 is 1.48 bits per heavy atom. The second-order valence-electron chi connectivity index (χ2n) is 5.30. The monoisotopic (exact) mass is 321 g/mol. The molecule has 0 aliphatic carbocycles. The Bertz CT molecular complexity index is 574. The molecule has 6 heteroatoms. The molecular weight excluding hydrogens is 302 g/mol. The number of aromatic nitrogens is 1. The molecule has 3 rings (SSSR count). The third-order valence-electron chi connectivity index (χ3n) is 3.66. The van der Waals surface area contributed by atoms with Crippen LogP contribution in [0.5, 0.6) is 0 Å². The van der Waals surface area contributed by atoms with Crippen LogP contribution in [0.4, 0.5) is 0 Å². The second-order valence-corrected chi connectivity index (χ2v) is 7.10. The molecule has 1 saturated heterocycles. The van der Waals surface area contributed by atoms with Crippen LogP contribution >= 0.6 is 22.7 Å². The number of rotatable bonds is 6. The first kappa shape index (κ1) is 14.7. The number of thiophene rings is 1. The van der Waals surface area contributed by atoms with E-state index in [1.807, 2.05) is 16.8 Å². The average molecular weight is 321 g/mol. The highest BCUT2D eigenvalue weighted by molar-refractivity contribution is 7.20. The van der Waals surface area contributed by atoms with E-state index < -0.39 is 0 Å². The predicted octanol–water partition coefficient (Wildman–Crippen LogP) is 2.53. The molecule has 0 aromatic carbocycles. The molecule has 1 aliphatic rings. The highest BCUT2D eigenvalue weighted by Crippen LogP contribution is 2.27. The summed E-state index contributed by atoms with van der Waals surface area (Å²) in [6, 6.07) is 4.08. The van der Waals surface area contributed by atoms with Crippen LogP contribution in [0.2, 0.25) is 0 Å². The SMILES string of the molecule is O=C(Cc1csc(-c2cccs2)n1)NCCC1CCNC1. The van der Waals surface area contributed by atoms with Gasteiger partial charge < -0.3 is 10.6 Å². The van der Waals surface area contributed by atoms with Gasteiger partial charge in [0.1, 0.15) is 5.01 Å². The molecule has 0 radical (unpaired) electrons. The van der Waals surface area contributed by atoms with E-state index in [2.05, 4.69) is 21.7 Å². The number of nitrogens with zero attached hydrogens (tertiary/aromatic N) is 1. The van der Waals surface area contributed by atoms with Crippen molar-refractivity contribution in [3.8, 4) is 9.88 Å². The minimum Gasteiger partial charge on any atom is -0.356 e. The van der Waals surface area contributed by atoms with Crippen LogP contribution in [0, 0.1) is 5.92 Å². The van der Waals surface area contributed by atoms with Gasteiger partial charge in [0.2, 0.25) is 5.91 Å². The minimum atomic E-state index is 0.0731. The lowest BCUT2D eigenvalue weighted by Gasteiger charge is -2.08. The molecule has 1 atom stereocenters. The van der Waals surface area contributed by atoms with Crippen molar-refractivity contribution in [2.75, 3.05) is 19.6 Å². The van der Waals surface area contributed by atoms with E-state index in [-0.39, 0.29) is 5.91 Å². The largest absolute Gasteiger partial charge is 0.356 e. The summed E-state index contributed by atoms with van der Waals surface area (Å²) in [4.78, 5) is 17.6. The summed E-state index contributed by atoms with van der Waals surface area (Å²) >= 11 is 3.28. The fourth-order valence-corrected chi connectivity index (χ4v) is 4.14. The van der Waals surface area contributed by atoms with Crippen LogP contribution in [0.25, 0.3) is 9.88 Å². The maximum atomic E-state index is 11.9. The smallest absolute Gasteiger partial charge is 0.226 e. The topological polar surface area (TPSA) is 54.0 Å². The lowest BCUT2D eigenvalue weighted by atomic mass is 10.1. The fourth-order valence-electron chi connectivity index (χ4n) is 2.51. The standard InChI is InChI=1S/C15H19N3OS2/c19-14(17-6-4-11-3-5-16-9-11)8-12-10-21-15(18-12)13-2-1-7-20-13/h1-2,7,10-11,16H,3-6,8-9H2,(H,17,19). The molecule has 1 fully saturated rings. The van der Waals surface area contributed by atoms with Crippen LogP contribution in [0.1, 0.15) is 18.5 Å². The van der Waals surface area contributed by atoms with E-state index in [0.29, 0.717) is 6.42 Å². The molecule has 2 N–H and O–H groups in total. The number of carbonyl (C=O) groups is 1. The first-order valence-electron chi connectivity index (χ1n) is 7.27. The summed E-state index contributed by atoms with van der Waals surface area (Å²) in [5.41, 5.74) is 0.864. The van der Waals surface area contributed by atoms with Gasteiger partial charge in [-0.1, -0.05) is 6.07 Å². The van der Waals surface area contributed by atoms with Gasteiger partial charge in [0.05, 0.1) is 17.0 Å². The van der Waals surface area contributed by atoms with Crippen LogP contribution in [0.3, 0.4) is 0 Å². The number of nitrogens with one attached hydrogen (secondary N) is 2. The zero-order chi connectivity index (χ0) is 14.5. The van der Waals surface area contributed by atoms with E-state index in [1.165, 1.54) is 11.3 Å². The van der Waals surface area contributed by atoms with Crippen LogP contribution < -0.4 is 10.6 Å². The van der Waals surface area contributed by atoms with Crippen LogP contribution in [-0.4, -0.2) is 30.5 Å². The maximum Gasteiger partial charge on any atom is 0.226 e. The third-order valence-corrected chi connectivity index (χ3v) is 5.59. The minimum absolute atomic E-state index is 0.0731. The molecule has 112 valence electrons. The van der Waals surface area contributed by atoms with Crippen molar-refractivity contribution in [3.63, 3.8) is 0 Å². The zero-order valence-corrected chi connectivity index (χ0v) is 13.4. The molecule has 3 heterocycles. The number of thiazole rings is 1. The van der Waals surface area contributed by atoms with E-state index in [4.69, 9.17) is 0 Å². The van der Waals surface area contributed by atoms with E-state index >= 15 is 0 Å². The maximum absolute atomic E-state index is 11.9. The van der Waals surface area contributed by atoms with Gasteiger partial charge >= 0.3 is 0 Å². The molecule has 21 heavy (non-hydrogen) atoms. The Kier molecular flexibility index (Phi) is 5.00. The van der Waals surface area contributed by atoms with Gasteiger partial charge in [-0.15, -0.1) is 22.7 Å². The highest BCUT2D eigenvalue weighted by Gasteiger charge is 2.14. The summed E-state index contributed by atoms with van der Waals surface area (Å²) < 4.78 is 0. The number of carbonyl (C=O) groups excluding carboxylic acids is 1. The second kappa shape index (κ2) is 7.15. The Morgan fingerprint density at radius 3 is 3.19 bits per heavy atom. The molecule has 2 aromatic rings. The van der Waals surface area contributed by atoms with E-state index in [9.17, 15) is 4.79 Å². The molecular formula is C15H19N3OS2. The molecule has 1 unspecified atom stereocenters. The molecule has 0 spiro atoms. The Balaban J connectivity index is 1.44. The summed E-state index contributed by atoms with van der Waals surface area (Å²) in [7, 11) is 0. The lowest BCUT2D eigenvalue weighted by molar-refractivity contribution is -0.120. The Hall–Kier alpha value is -1.24. The molecule has 2 aromatic heterocycles. The molecule has 1 amide bonds. The van der Waals surface area contributed by atoms with Crippen molar-refractivity contribution < 1.29 is 4.79 Å². The van der Waals surface area contributed by atoms with Gasteiger partial charge in [0.25, 0.3) is 0 Å². The Labute approximate surface area is 132 Å². The highest BCUT2D eigenvalue weighted by atomic mass is 32.1. The third kappa shape index (κ3) is 4.12. The van der Waals surface area contributed by atoms with Crippen molar-refractivity contribution >= 4 is 28.6 Å². The first-order chi connectivity index (χ1) is 10.3. The quantitative estimate of drug-likeness (QED) is 0.859. The van der Waals surface area contributed by atoms with Crippen molar-refractivity contribution in [1.29, 1.82) is 0 Å². The van der Waals surface area contributed by atoms with Crippen molar-refractivity contribution in [3.05, 3.63) is 28.6 Å². The summed E-state index contributed by atoms with van der Waals surface area (Å²) in [5, 5.41) is 11.4. The van der Waals surface area contributed by atoms with Gasteiger partial charge in [0, 0.05) is 11.9 Å². The molecule has 4 nitrogen and oxygen atoms in total. The van der Waals surface area contributed by atoms with Gasteiger partial charge in [-0.3, -0.25) is 4.79 Å². The molecule has 0 bridgehead atoms. The molecule has 1 aliphatic heterocycles. The number of amides is 1. The number of hydrogen-bond donors (Lipinski definition) is 2. The molecule has 0 saturated carbocycles. The summed E-state index contributed by atoms with van der Waals surface area (Å²) in [6.45, 7) is 2.97. The van der Waals surface area contributed by atoms with Crippen molar-refractivity contribution in [1.82, 2.24) is 15.6 Å². The zero-order valence-electron chi connectivity index (χ0n) is 11.8. The van der Waals surface area contributed by atoms with E-state index in [1.54, 1.807) is 22.7 Å². The summed E-state index contributed by atoms with van der Waals surface area (Å²) in [6.07, 6.45) is 2.67. The number of hydrogen-bond acceptors (Lipinski definition) is 5. The van der Waals surface area contributed by atoms with Gasteiger partial charge in [0.15, 0.2) is 0 Å². The van der Waals surface area contributed by atoms with Gasteiger partial charge in [-0.2, -0.15) is 0 Å². The van der Waals surface area contributed by atoms with Crippen molar-refractivity contribution in [2.24, 2.45) is 5.92 Å². The van der Waals surface area contributed by atoms with Crippen LogP contribution in [-0.2, 0) is 11.2 Å². The van der Waals surface area contributed by atoms with Gasteiger partial charge in [-0.05, 0) is 43.3 Å². The Morgan fingerprint density at radius 2 is 2.43 bits per heavy atom. The van der Waals surface area contributed by atoms with Gasteiger partial charge in [-0.25, -0.2) is 4.98 Å². The average Bonchev–Trinajstić information content (AvgIpc) is 3.21.